The molecule has 0 spiro atoms. The maximum atomic E-state index is 13.8. The Morgan fingerprint density at radius 3 is 1.76 bits per heavy atom. The highest BCUT2D eigenvalue weighted by Gasteiger charge is 2.39. The average molecular weight is 673 g/mol. The lowest BCUT2D eigenvalue weighted by atomic mass is 9.77. The summed E-state index contributed by atoms with van der Waals surface area (Å²) in [5.41, 5.74) is 3.51. The van der Waals surface area contributed by atoms with Crippen LogP contribution in [0, 0.1) is 6.92 Å². The number of esters is 1. The molecule has 0 unspecified atom stereocenters. The van der Waals surface area contributed by atoms with Gasteiger partial charge in [-0.3, -0.25) is 9.69 Å². The SMILES string of the molecule is COC(=O)[C@H](Cc1cn(C(c2ccccc2)(c2ccccc2)c2ccccc2)cn1)NC(=O)[C@H](C)N(C(=O)OC(C)(C)C)c1ccc(C)cc1. The van der Waals surface area contributed by atoms with Crippen LogP contribution < -0.4 is 10.2 Å². The van der Waals surface area contributed by atoms with Gasteiger partial charge in [0.15, 0.2) is 0 Å². The van der Waals surface area contributed by atoms with Gasteiger partial charge in [0.25, 0.3) is 0 Å². The molecule has 5 aromatic rings. The van der Waals surface area contributed by atoms with Crippen LogP contribution in [0.15, 0.2) is 128 Å². The summed E-state index contributed by atoms with van der Waals surface area (Å²) in [5.74, 6) is -1.20. The molecule has 0 bridgehead atoms. The molecule has 1 aromatic heterocycles. The molecule has 0 radical (unpaired) electrons. The van der Waals surface area contributed by atoms with E-state index in [0.29, 0.717) is 11.4 Å². The van der Waals surface area contributed by atoms with Gasteiger partial charge in [0, 0.05) is 18.3 Å². The molecule has 2 atom stereocenters. The van der Waals surface area contributed by atoms with Gasteiger partial charge in [-0.25, -0.2) is 14.6 Å². The zero-order chi connectivity index (χ0) is 35.9. The number of carbonyl (C=O) groups is 3. The van der Waals surface area contributed by atoms with E-state index in [-0.39, 0.29) is 6.42 Å². The lowest BCUT2D eigenvalue weighted by Gasteiger charge is -2.37. The predicted molar refractivity (Wildman–Crippen MR) is 194 cm³/mol. The Labute approximate surface area is 293 Å². The van der Waals surface area contributed by atoms with Crippen molar-refractivity contribution >= 4 is 23.7 Å². The highest BCUT2D eigenvalue weighted by molar-refractivity contribution is 5.98. The number of aryl methyl sites for hydroxylation is 1. The number of nitrogens with one attached hydrogen (secondary N) is 1. The molecular formula is C41H44N4O5. The molecule has 2 amide bonds. The summed E-state index contributed by atoms with van der Waals surface area (Å²) in [6, 6.07) is 35.6. The summed E-state index contributed by atoms with van der Waals surface area (Å²) in [7, 11) is 1.27. The van der Waals surface area contributed by atoms with E-state index in [2.05, 4.69) is 41.7 Å². The number of benzene rings is 4. The smallest absolute Gasteiger partial charge is 0.415 e. The molecule has 9 nitrogen and oxygen atoms in total. The first kappa shape index (κ1) is 35.6. The second-order valence-electron chi connectivity index (χ2n) is 13.2. The molecule has 50 heavy (non-hydrogen) atoms. The fourth-order valence-corrected chi connectivity index (χ4v) is 6.10. The number of aromatic nitrogens is 2. The zero-order valence-corrected chi connectivity index (χ0v) is 29.4. The highest BCUT2D eigenvalue weighted by atomic mass is 16.6. The van der Waals surface area contributed by atoms with Crippen LogP contribution in [-0.4, -0.2) is 52.3 Å². The van der Waals surface area contributed by atoms with Crippen LogP contribution in [0.5, 0.6) is 0 Å². The van der Waals surface area contributed by atoms with Crippen LogP contribution in [0.4, 0.5) is 10.5 Å². The number of hydrogen-bond acceptors (Lipinski definition) is 6. The summed E-state index contributed by atoms with van der Waals surface area (Å²) in [6.45, 7) is 8.81. The van der Waals surface area contributed by atoms with Gasteiger partial charge in [-0.2, -0.15) is 0 Å². The van der Waals surface area contributed by atoms with Crippen LogP contribution in [0.3, 0.4) is 0 Å². The molecule has 9 heteroatoms. The van der Waals surface area contributed by atoms with Gasteiger partial charge < -0.3 is 19.4 Å². The van der Waals surface area contributed by atoms with Gasteiger partial charge in [0.1, 0.15) is 23.2 Å². The van der Waals surface area contributed by atoms with Gasteiger partial charge >= 0.3 is 12.1 Å². The Morgan fingerprint density at radius 2 is 1.30 bits per heavy atom. The van der Waals surface area contributed by atoms with Crippen LogP contribution in [0.2, 0.25) is 0 Å². The molecule has 0 fully saturated rings. The Bertz CT molecular complexity index is 1790. The Hall–Kier alpha value is -5.70. The standard InChI is InChI=1S/C41H44N4O5/c1-29-22-24-35(25-23-29)45(39(48)50-40(3,4)5)30(2)37(46)43-36(38(47)49-6)26-34-27-44(28-42-34)41(31-16-10-7-11-17-31,32-18-12-8-13-19-32)33-20-14-9-15-21-33/h7-25,27-28,30,36H,26H2,1-6H3,(H,43,46)/t30-,36-/m0/s1. The summed E-state index contributed by atoms with van der Waals surface area (Å²) < 4.78 is 12.8. The van der Waals surface area contributed by atoms with Crippen molar-refractivity contribution < 1.29 is 23.9 Å². The second kappa shape index (κ2) is 15.2. The molecule has 0 aliphatic rings. The van der Waals surface area contributed by atoms with Crippen LogP contribution in [0.1, 0.15) is 55.6 Å². The third-order valence-corrected chi connectivity index (χ3v) is 8.48. The normalized spacial score (nSPS) is 12.8. The molecule has 4 aromatic carbocycles. The lowest BCUT2D eigenvalue weighted by molar-refractivity contribution is -0.145. The van der Waals surface area contributed by atoms with Crippen LogP contribution in [-0.2, 0) is 31.0 Å². The quantitative estimate of drug-likeness (QED) is 0.119. The van der Waals surface area contributed by atoms with Crippen molar-refractivity contribution in [3.8, 4) is 0 Å². The van der Waals surface area contributed by atoms with E-state index in [0.717, 1.165) is 22.3 Å². The van der Waals surface area contributed by atoms with Gasteiger partial charge in [-0.15, -0.1) is 0 Å². The van der Waals surface area contributed by atoms with Crippen molar-refractivity contribution in [2.24, 2.45) is 0 Å². The van der Waals surface area contributed by atoms with Crippen molar-refractivity contribution in [2.75, 3.05) is 12.0 Å². The fourth-order valence-electron chi connectivity index (χ4n) is 6.10. The summed E-state index contributed by atoms with van der Waals surface area (Å²) in [6.07, 6.45) is 3.01. The number of amides is 2. The topological polar surface area (TPSA) is 103 Å². The minimum Gasteiger partial charge on any atom is -0.467 e. The minimum absolute atomic E-state index is 0.0452. The molecule has 258 valence electrons. The number of nitrogens with zero attached hydrogens (tertiary/aromatic N) is 3. The predicted octanol–water partition coefficient (Wildman–Crippen LogP) is 7.06. The number of hydrogen-bond donors (Lipinski definition) is 1. The van der Waals surface area contributed by atoms with Crippen LogP contribution in [0.25, 0.3) is 0 Å². The van der Waals surface area contributed by atoms with Crippen LogP contribution >= 0.6 is 0 Å². The van der Waals surface area contributed by atoms with E-state index in [4.69, 9.17) is 14.5 Å². The maximum absolute atomic E-state index is 13.8. The van der Waals surface area contributed by atoms with E-state index in [1.54, 1.807) is 46.2 Å². The fraction of sp³-hybridized carbons (Fsp3) is 0.268. The molecule has 0 aliphatic carbocycles. The molecule has 0 saturated carbocycles. The maximum Gasteiger partial charge on any atom is 0.415 e. The first-order chi connectivity index (χ1) is 23.9. The molecule has 1 N–H and O–H groups in total. The molecule has 0 aliphatic heterocycles. The van der Waals surface area contributed by atoms with Crippen molar-refractivity contribution in [1.29, 1.82) is 0 Å². The number of rotatable bonds is 11. The summed E-state index contributed by atoms with van der Waals surface area (Å²) in [5, 5.41) is 2.83. The van der Waals surface area contributed by atoms with Crippen molar-refractivity contribution in [2.45, 2.75) is 64.3 Å². The third-order valence-electron chi connectivity index (χ3n) is 8.48. The minimum atomic E-state index is -1.09. The van der Waals surface area contributed by atoms with E-state index in [9.17, 15) is 14.4 Å². The number of anilines is 1. The monoisotopic (exact) mass is 672 g/mol. The van der Waals surface area contributed by atoms with Gasteiger partial charge in [0.2, 0.25) is 5.91 Å². The van der Waals surface area contributed by atoms with Gasteiger partial charge in [-0.05, 0) is 63.4 Å². The van der Waals surface area contributed by atoms with Gasteiger partial charge in [-0.1, -0.05) is 109 Å². The molecule has 5 rings (SSSR count). The van der Waals surface area contributed by atoms with E-state index < -0.39 is 41.2 Å². The number of ether oxygens (including phenoxy) is 2. The molecule has 0 saturated heterocycles. The Morgan fingerprint density at radius 1 is 0.800 bits per heavy atom. The largest absolute Gasteiger partial charge is 0.467 e. The zero-order valence-electron chi connectivity index (χ0n) is 29.4. The highest BCUT2D eigenvalue weighted by Crippen LogP contribution is 2.40. The van der Waals surface area contributed by atoms with Gasteiger partial charge in [0.05, 0.1) is 19.1 Å². The first-order valence-electron chi connectivity index (χ1n) is 16.6. The van der Waals surface area contributed by atoms with Crippen molar-refractivity contribution in [3.05, 3.63) is 156 Å². The van der Waals surface area contributed by atoms with Crippen molar-refractivity contribution in [3.63, 3.8) is 0 Å². The third kappa shape index (κ3) is 7.78. The molecule has 1 heterocycles. The van der Waals surface area contributed by atoms with E-state index >= 15 is 0 Å². The lowest BCUT2D eigenvalue weighted by Crippen LogP contribution is -2.54. The number of imidazole rings is 1. The number of carbonyl (C=O) groups excluding carboxylic acids is 3. The van der Waals surface area contributed by atoms with E-state index in [1.807, 2.05) is 84.4 Å². The Balaban J connectivity index is 1.49. The first-order valence-corrected chi connectivity index (χ1v) is 16.6. The summed E-state index contributed by atoms with van der Waals surface area (Å²) in [4.78, 5) is 46.5. The Kier molecular flexibility index (Phi) is 10.9. The van der Waals surface area contributed by atoms with Crippen molar-refractivity contribution in [1.82, 2.24) is 14.9 Å². The number of methoxy groups -OCH3 is 1. The summed E-state index contributed by atoms with van der Waals surface area (Å²) >= 11 is 0. The second-order valence-corrected chi connectivity index (χ2v) is 13.2. The molecular weight excluding hydrogens is 628 g/mol. The van der Waals surface area contributed by atoms with E-state index in [1.165, 1.54) is 12.0 Å². The average Bonchev–Trinajstić information content (AvgIpc) is 3.58.